The van der Waals surface area contributed by atoms with Gasteiger partial charge < -0.3 is 15.7 Å². The molecule has 4 aromatic rings. The fraction of sp³-hybridized carbons (Fsp3) is 0.286. The molecule has 3 aromatic carbocycles. The van der Waals surface area contributed by atoms with Crippen LogP contribution in [0.4, 0.5) is 8.78 Å². The summed E-state index contributed by atoms with van der Waals surface area (Å²) in [5.41, 5.74) is 3.65. The minimum atomic E-state index is -1.03. The molecule has 0 bridgehead atoms. The van der Waals surface area contributed by atoms with Gasteiger partial charge in [0.15, 0.2) is 5.82 Å². The van der Waals surface area contributed by atoms with Crippen molar-refractivity contribution in [3.05, 3.63) is 106 Å². The van der Waals surface area contributed by atoms with Gasteiger partial charge in [-0.25, -0.2) is 8.78 Å². The van der Waals surface area contributed by atoms with E-state index in [9.17, 15) is 18.7 Å². The molecule has 8 nitrogen and oxygen atoms in total. The number of aliphatic hydroxyl groups is 1. The number of aromatic nitrogens is 4. The fourth-order valence-corrected chi connectivity index (χ4v) is 4.21. The lowest BCUT2D eigenvalue weighted by Gasteiger charge is -2.25. The number of halogens is 2. The zero-order valence-electron chi connectivity index (χ0n) is 21.2. The van der Waals surface area contributed by atoms with Crippen LogP contribution in [0.15, 0.2) is 66.7 Å². The molecule has 2 atom stereocenters. The fourth-order valence-electron chi connectivity index (χ4n) is 4.21. The molecule has 0 aliphatic carbocycles. The smallest absolute Gasteiger partial charge is 0.251 e. The van der Waals surface area contributed by atoms with Gasteiger partial charge in [-0.05, 0) is 83.3 Å². The molecule has 0 saturated carbocycles. The van der Waals surface area contributed by atoms with Gasteiger partial charge in [0.2, 0.25) is 0 Å². The van der Waals surface area contributed by atoms with E-state index in [1.54, 1.807) is 31.2 Å². The summed E-state index contributed by atoms with van der Waals surface area (Å²) in [4.78, 5) is 13.1. The second-order valence-electron chi connectivity index (χ2n) is 9.12. The molecule has 3 N–H and O–H groups in total. The van der Waals surface area contributed by atoms with E-state index in [0.717, 1.165) is 18.1 Å². The zero-order chi connectivity index (χ0) is 27.1. The van der Waals surface area contributed by atoms with Crippen molar-refractivity contribution in [3.8, 4) is 5.69 Å². The average molecular weight is 521 g/mol. The molecule has 0 aliphatic rings. The Morgan fingerprint density at radius 3 is 2.37 bits per heavy atom. The molecule has 0 spiro atoms. The molecular weight excluding hydrogens is 490 g/mol. The van der Waals surface area contributed by atoms with E-state index in [2.05, 4.69) is 45.2 Å². The number of nitrogens with one attached hydrogen (secondary N) is 2. The molecule has 10 heteroatoms. The Balaban J connectivity index is 1.46. The molecule has 198 valence electrons. The second kappa shape index (κ2) is 12.5. The number of aliphatic hydroxyl groups excluding tert-OH is 1. The maximum Gasteiger partial charge on any atom is 0.251 e. The monoisotopic (exact) mass is 520 g/mol. The van der Waals surface area contributed by atoms with Crippen molar-refractivity contribution < 1.29 is 18.7 Å². The first-order chi connectivity index (χ1) is 18.3. The third-order valence-electron chi connectivity index (χ3n) is 6.24. The van der Waals surface area contributed by atoms with E-state index >= 15 is 0 Å². The van der Waals surface area contributed by atoms with Gasteiger partial charge in [0.1, 0.15) is 11.6 Å². The van der Waals surface area contributed by atoms with Crippen LogP contribution in [0.3, 0.4) is 0 Å². The Bertz CT molecular complexity index is 1360. The van der Waals surface area contributed by atoms with E-state index in [-0.39, 0.29) is 13.0 Å². The van der Waals surface area contributed by atoms with Gasteiger partial charge in [0.05, 0.1) is 17.8 Å². The highest BCUT2D eigenvalue weighted by atomic mass is 19.1. The molecule has 38 heavy (non-hydrogen) atoms. The third kappa shape index (κ3) is 7.05. The lowest BCUT2D eigenvalue weighted by molar-refractivity contribution is 0.0830. The highest BCUT2D eigenvalue weighted by Gasteiger charge is 2.23. The van der Waals surface area contributed by atoms with Crippen molar-refractivity contribution in [2.45, 2.75) is 45.4 Å². The Morgan fingerprint density at radius 1 is 1.00 bits per heavy atom. The summed E-state index contributed by atoms with van der Waals surface area (Å²) < 4.78 is 29.2. The lowest BCUT2D eigenvalue weighted by Crippen LogP contribution is -2.48. The third-order valence-corrected chi connectivity index (χ3v) is 6.24. The van der Waals surface area contributed by atoms with E-state index in [1.807, 2.05) is 12.1 Å². The summed E-state index contributed by atoms with van der Waals surface area (Å²) >= 11 is 0. The molecule has 0 unspecified atom stereocenters. The van der Waals surface area contributed by atoms with E-state index in [1.165, 1.54) is 22.4 Å². The summed E-state index contributed by atoms with van der Waals surface area (Å²) in [6.07, 6.45) is -0.0653. The van der Waals surface area contributed by atoms with Crippen LogP contribution in [0.25, 0.3) is 5.69 Å². The first-order valence-electron chi connectivity index (χ1n) is 12.4. The summed E-state index contributed by atoms with van der Waals surface area (Å²) in [6.45, 7) is 4.53. The number of carbonyl (C=O) groups is 1. The maximum atomic E-state index is 13.8. The standard InChI is InChI=1S/C28H30F2N6O2/c1-3-19-5-4-6-20(11-19)16-31-17-27(37)26(14-21-12-23(29)15-24(30)13-21)32-28(38)22-7-9-25(10-8-22)36-18(2)33-34-35-36/h4-13,15,26-27,31,37H,3,14,16-17H2,1-2H3,(H,32,38)/t26-,27-/m0/s1. The van der Waals surface area contributed by atoms with Gasteiger partial charge in [0.25, 0.3) is 5.91 Å². The molecule has 0 radical (unpaired) electrons. The number of rotatable bonds is 11. The zero-order valence-corrected chi connectivity index (χ0v) is 21.2. The van der Waals surface area contributed by atoms with Gasteiger partial charge in [-0.15, -0.1) is 5.10 Å². The van der Waals surface area contributed by atoms with Crippen molar-refractivity contribution in [3.63, 3.8) is 0 Å². The summed E-state index contributed by atoms with van der Waals surface area (Å²) in [7, 11) is 0. The number of tetrazole rings is 1. The van der Waals surface area contributed by atoms with Crippen molar-refractivity contribution in [2.75, 3.05) is 6.54 Å². The van der Waals surface area contributed by atoms with Crippen LogP contribution < -0.4 is 10.6 Å². The summed E-state index contributed by atoms with van der Waals surface area (Å²) in [5, 5.41) is 28.4. The van der Waals surface area contributed by atoms with Crippen LogP contribution in [0.2, 0.25) is 0 Å². The molecule has 1 heterocycles. The number of aryl methyl sites for hydroxylation is 2. The van der Waals surface area contributed by atoms with E-state index in [4.69, 9.17) is 0 Å². The highest BCUT2D eigenvalue weighted by Crippen LogP contribution is 2.14. The van der Waals surface area contributed by atoms with Gasteiger partial charge in [-0.1, -0.05) is 31.2 Å². The van der Waals surface area contributed by atoms with Crippen LogP contribution in [0.1, 0.15) is 39.8 Å². The molecule has 1 aromatic heterocycles. The van der Waals surface area contributed by atoms with Crippen molar-refractivity contribution in [1.29, 1.82) is 0 Å². The van der Waals surface area contributed by atoms with Gasteiger partial charge >= 0.3 is 0 Å². The topological polar surface area (TPSA) is 105 Å². The Morgan fingerprint density at radius 2 is 1.71 bits per heavy atom. The quantitative estimate of drug-likeness (QED) is 0.280. The Kier molecular flexibility index (Phi) is 8.88. The average Bonchev–Trinajstić information content (AvgIpc) is 3.33. The molecule has 0 fully saturated rings. The predicted molar refractivity (Wildman–Crippen MR) is 139 cm³/mol. The predicted octanol–water partition coefficient (Wildman–Crippen LogP) is 3.30. The van der Waals surface area contributed by atoms with Crippen molar-refractivity contribution in [1.82, 2.24) is 30.8 Å². The number of nitrogens with zero attached hydrogens (tertiary/aromatic N) is 4. The Labute approximate surface area is 219 Å². The van der Waals surface area contributed by atoms with Gasteiger partial charge in [-0.3, -0.25) is 4.79 Å². The number of carbonyl (C=O) groups excluding carboxylic acids is 1. The lowest BCUT2D eigenvalue weighted by atomic mass is 10.00. The largest absolute Gasteiger partial charge is 0.390 e. The highest BCUT2D eigenvalue weighted by molar-refractivity contribution is 5.94. The molecular formula is C28H30F2N6O2. The normalized spacial score (nSPS) is 12.8. The van der Waals surface area contributed by atoms with Crippen LogP contribution in [-0.4, -0.2) is 49.9 Å². The Hall–Kier alpha value is -4.02. The first-order valence-corrected chi connectivity index (χ1v) is 12.4. The number of amides is 1. The van der Waals surface area contributed by atoms with Crippen LogP contribution in [0, 0.1) is 18.6 Å². The maximum absolute atomic E-state index is 13.8. The van der Waals surface area contributed by atoms with Crippen molar-refractivity contribution >= 4 is 5.91 Å². The molecule has 0 saturated heterocycles. The van der Waals surface area contributed by atoms with Crippen LogP contribution >= 0.6 is 0 Å². The SMILES string of the molecule is CCc1cccc(CNC[C@H](O)[C@H](Cc2cc(F)cc(F)c2)NC(=O)c2ccc(-n3nnnc3C)cc2)c1. The molecule has 0 aliphatic heterocycles. The summed E-state index contributed by atoms with van der Waals surface area (Å²) in [6, 6.07) is 17.2. The minimum absolute atomic E-state index is 0.0382. The van der Waals surface area contributed by atoms with Crippen molar-refractivity contribution in [2.24, 2.45) is 0 Å². The minimum Gasteiger partial charge on any atom is -0.390 e. The van der Waals surface area contributed by atoms with Gasteiger partial charge in [0, 0.05) is 24.7 Å². The first kappa shape index (κ1) is 27.0. The number of hydrogen-bond donors (Lipinski definition) is 3. The summed E-state index contributed by atoms with van der Waals surface area (Å²) in [5.74, 6) is -1.27. The second-order valence-corrected chi connectivity index (χ2v) is 9.12. The van der Waals surface area contributed by atoms with Gasteiger partial charge in [-0.2, -0.15) is 4.68 Å². The van der Waals surface area contributed by atoms with E-state index in [0.29, 0.717) is 29.2 Å². The van der Waals surface area contributed by atoms with Crippen LogP contribution in [0.5, 0.6) is 0 Å². The molecule has 4 rings (SSSR count). The molecule has 1 amide bonds. The van der Waals surface area contributed by atoms with E-state index < -0.39 is 29.7 Å². The number of hydrogen-bond acceptors (Lipinski definition) is 6. The number of benzene rings is 3. The van der Waals surface area contributed by atoms with Crippen LogP contribution in [-0.2, 0) is 19.4 Å².